The number of aryl methyl sites for hydroxylation is 1. The first-order valence-corrected chi connectivity index (χ1v) is 6.12. The van der Waals surface area contributed by atoms with Crippen molar-refractivity contribution in [3.8, 4) is 0 Å². The lowest BCUT2D eigenvalue weighted by Gasteiger charge is -1.99. The second kappa shape index (κ2) is 7.20. The van der Waals surface area contributed by atoms with E-state index in [1.54, 1.807) is 22.6 Å². The van der Waals surface area contributed by atoms with Crippen LogP contribution in [0, 0.1) is 0 Å². The highest BCUT2D eigenvalue weighted by atomic mass is 32.2. The largest absolute Gasteiger partial charge is 0.330 e. The fourth-order valence-electron chi connectivity index (χ4n) is 1.03. The summed E-state index contributed by atoms with van der Waals surface area (Å²) in [4.78, 5) is 11.1. The minimum atomic E-state index is -0.429. The predicted octanol–water partition coefficient (Wildman–Crippen LogP) is -1.04. The Balaban J connectivity index is 2.27. The molecule has 1 aromatic heterocycles. The second-order valence-electron chi connectivity index (χ2n) is 3.09. The van der Waals surface area contributed by atoms with Crippen molar-refractivity contribution in [2.75, 3.05) is 18.1 Å². The lowest BCUT2D eigenvalue weighted by Crippen LogP contribution is -2.30. The van der Waals surface area contributed by atoms with E-state index in [9.17, 15) is 4.79 Å². The summed E-state index contributed by atoms with van der Waals surface area (Å²) < 4.78 is 1.63. The standard InChI is InChI=1S/C8H16N6OS/c9-2-1-4-16-5-3-14-6-7(12-13-14)8(15)11-10/h6H,1-5,9-10H2,(H,11,15). The van der Waals surface area contributed by atoms with Crippen LogP contribution in [0.25, 0.3) is 0 Å². The minimum absolute atomic E-state index is 0.231. The summed E-state index contributed by atoms with van der Waals surface area (Å²) in [6, 6.07) is 0. The molecule has 0 saturated carbocycles. The van der Waals surface area contributed by atoms with Gasteiger partial charge in [-0.2, -0.15) is 11.8 Å². The van der Waals surface area contributed by atoms with Crippen LogP contribution < -0.4 is 17.0 Å². The van der Waals surface area contributed by atoms with Crippen LogP contribution in [-0.4, -0.2) is 39.0 Å². The van der Waals surface area contributed by atoms with Crippen molar-refractivity contribution in [3.63, 3.8) is 0 Å². The van der Waals surface area contributed by atoms with Crippen LogP contribution in [0.4, 0.5) is 0 Å². The summed E-state index contributed by atoms with van der Waals surface area (Å²) in [7, 11) is 0. The summed E-state index contributed by atoms with van der Waals surface area (Å²) in [6.45, 7) is 1.44. The van der Waals surface area contributed by atoms with E-state index in [0.717, 1.165) is 31.0 Å². The summed E-state index contributed by atoms with van der Waals surface area (Å²) in [6.07, 6.45) is 2.59. The van der Waals surface area contributed by atoms with Crippen LogP contribution in [-0.2, 0) is 6.54 Å². The number of thioether (sulfide) groups is 1. The van der Waals surface area contributed by atoms with Gasteiger partial charge in [-0.1, -0.05) is 5.21 Å². The molecule has 8 heteroatoms. The van der Waals surface area contributed by atoms with Gasteiger partial charge in [0.2, 0.25) is 0 Å². The zero-order valence-electron chi connectivity index (χ0n) is 8.93. The minimum Gasteiger partial charge on any atom is -0.330 e. The van der Waals surface area contributed by atoms with Crippen LogP contribution in [0.5, 0.6) is 0 Å². The molecule has 0 aromatic carbocycles. The Labute approximate surface area is 97.9 Å². The molecule has 0 bridgehead atoms. The molecule has 0 aliphatic carbocycles. The summed E-state index contributed by atoms with van der Waals surface area (Å²) in [5.74, 6) is 6.51. The van der Waals surface area contributed by atoms with Crippen molar-refractivity contribution >= 4 is 17.7 Å². The SMILES string of the molecule is NCCCSCCn1cc(C(=O)NN)nn1. The van der Waals surface area contributed by atoms with Crippen molar-refractivity contribution in [3.05, 3.63) is 11.9 Å². The number of carbonyl (C=O) groups is 1. The quantitative estimate of drug-likeness (QED) is 0.244. The molecular weight excluding hydrogens is 228 g/mol. The average Bonchev–Trinajstić information content (AvgIpc) is 2.76. The number of amides is 1. The van der Waals surface area contributed by atoms with Crippen molar-refractivity contribution in [2.24, 2.45) is 11.6 Å². The van der Waals surface area contributed by atoms with E-state index in [1.807, 2.05) is 5.43 Å². The van der Waals surface area contributed by atoms with Gasteiger partial charge in [0.15, 0.2) is 5.69 Å². The van der Waals surface area contributed by atoms with Gasteiger partial charge in [0.25, 0.3) is 5.91 Å². The molecule has 0 aliphatic rings. The van der Waals surface area contributed by atoms with Gasteiger partial charge in [-0.25, -0.2) is 5.84 Å². The molecule has 0 saturated heterocycles. The van der Waals surface area contributed by atoms with Gasteiger partial charge in [-0.3, -0.25) is 14.9 Å². The van der Waals surface area contributed by atoms with Gasteiger partial charge in [-0.15, -0.1) is 5.10 Å². The molecule has 16 heavy (non-hydrogen) atoms. The van der Waals surface area contributed by atoms with E-state index in [0.29, 0.717) is 0 Å². The normalized spacial score (nSPS) is 10.4. The van der Waals surface area contributed by atoms with Gasteiger partial charge < -0.3 is 5.73 Å². The molecule has 0 unspecified atom stereocenters. The number of rotatable bonds is 7. The van der Waals surface area contributed by atoms with Gasteiger partial charge in [0.05, 0.1) is 12.7 Å². The van der Waals surface area contributed by atoms with Crippen molar-refractivity contribution in [1.29, 1.82) is 0 Å². The zero-order valence-corrected chi connectivity index (χ0v) is 9.74. The monoisotopic (exact) mass is 244 g/mol. The zero-order chi connectivity index (χ0) is 11.8. The fraction of sp³-hybridized carbons (Fsp3) is 0.625. The Morgan fingerprint density at radius 1 is 1.56 bits per heavy atom. The molecule has 0 aliphatic heterocycles. The van der Waals surface area contributed by atoms with Crippen molar-refractivity contribution < 1.29 is 4.79 Å². The van der Waals surface area contributed by atoms with E-state index < -0.39 is 5.91 Å². The number of nitrogens with two attached hydrogens (primary N) is 2. The van der Waals surface area contributed by atoms with Gasteiger partial charge >= 0.3 is 0 Å². The van der Waals surface area contributed by atoms with Crippen molar-refractivity contribution in [1.82, 2.24) is 20.4 Å². The van der Waals surface area contributed by atoms with Gasteiger partial charge in [0, 0.05) is 5.75 Å². The fourth-order valence-corrected chi connectivity index (χ4v) is 1.92. The Bertz CT molecular complexity index is 328. The molecule has 1 aromatic rings. The molecule has 0 fully saturated rings. The Hall–Kier alpha value is -1.12. The molecule has 7 nitrogen and oxygen atoms in total. The molecule has 90 valence electrons. The molecule has 0 spiro atoms. The molecule has 0 radical (unpaired) electrons. The first kappa shape index (κ1) is 12.9. The van der Waals surface area contributed by atoms with Crippen LogP contribution in [0.1, 0.15) is 16.9 Å². The number of hydrogen-bond donors (Lipinski definition) is 3. The van der Waals surface area contributed by atoms with Crippen LogP contribution in [0.3, 0.4) is 0 Å². The molecule has 5 N–H and O–H groups in total. The molecule has 1 amide bonds. The number of carbonyl (C=O) groups excluding carboxylic acids is 1. The highest BCUT2D eigenvalue weighted by Crippen LogP contribution is 2.03. The number of hydrogen-bond acceptors (Lipinski definition) is 6. The van der Waals surface area contributed by atoms with E-state index in [1.165, 1.54) is 0 Å². The van der Waals surface area contributed by atoms with Crippen LogP contribution >= 0.6 is 11.8 Å². The average molecular weight is 244 g/mol. The number of nitrogen functional groups attached to an aromatic ring is 1. The third-order valence-corrected chi connectivity index (χ3v) is 2.91. The van der Waals surface area contributed by atoms with Gasteiger partial charge in [0.1, 0.15) is 0 Å². The smallest absolute Gasteiger partial charge is 0.287 e. The summed E-state index contributed by atoms with van der Waals surface area (Å²) >= 11 is 1.80. The lowest BCUT2D eigenvalue weighted by atomic mass is 10.5. The van der Waals surface area contributed by atoms with Crippen molar-refractivity contribution in [2.45, 2.75) is 13.0 Å². The van der Waals surface area contributed by atoms with E-state index in [2.05, 4.69) is 10.3 Å². The van der Waals surface area contributed by atoms with E-state index >= 15 is 0 Å². The first-order chi connectivity index (χ1) is 7.77. The van der Waals surface area contributed by atoms with Crippen LogP contribution in [0.2, 0.25) is 0 Å². The van der Waals surface area contributed by atoms with Gasteiger partial charge in [-0.05, 0) is 18.7 Å². The highest BCUT2D eigenvalue weighted by molar-refractivity contribution is 7.99. The highest BCUT2D eigenvalue weighted by Gasteiger charge is 2.08. The third-order valence-electron chi connectivity index (χ3n) is 1.86. The number of nitrogens with one attached hydrogen (secondary N) is 1. The Kier molecular flexibility index (Phi) is 5.83. The predicted molar refractivity (Wildman–Crippen MR) is 62.7 cm³/mol. The summed E-state index contributed by atoms with van der Waals surface area (Å²) in [5, 5.41) is 7.51. The first-order valence-electron chi connectivity index (χ1n) is 4.97. The maximum Gasteiger partial charge on any atom is 0.287 e. The molecular formula is C8H16N6OS. The number of hydrazine groups is 1. The molecule has 1 rings (SSSR count). The number of aromatic nitrogens is 3. The lowest BCUT2D eigenvalue weighted by molar-refractivity contribution is 0.0948. The van der Waals surface area contributed by atoms with Crippen LogP contribution in [0.15, 0.2) is 6.20 Å². The molecule has 0 atom stereocenters. The van der Waals surface area contributed by atoms with E-state index in [4.69, 9.17) is 11.6 Å². The Morgan fingerprint density at radius 3 is 3.06 bits per heavy atom. The summed E-state index contributed by atoms with van der Waals surface area (Å²) in [5.41, 5.74) is 7.61. The van der Waals surface area contributed by atoms with E-state index in [-0.39, 0.29) is 5.69 Å². The maximum atomic E-state index is 11.1. The third kappa shape index (κ3) is 4.17. The Morgan fingerprint density at radius 2 is 2.38 bits per heavy atom. The number of nitrogens with zero attached hydrogens (tertiary/aromatic N) is 3. The maximum absolute atomic E-state index is 11.1. The topological polar surface area (TPSA) is 112 Å². The molecule has 1 heterocycles. The second-order valence-corrected chi connectivity index (χ2v) is 4.32.